The first-order valence-corrected chi connectivity index (χ1v) is 6.98. The third kappa shape index (κ3) is 2.78. The molecule has 2 aliphatic rings. The van der Waals surface area contributed by atoms with Crippen LogP contribution in [0.4, 0.5) is 0 Å². The molecule has 2 heterocycles. The first-order valence-electron chi connectivity index (χ1n) is 6.98. The summed E-state index contributed by atoms with van der Waals surface area (Å²) in [6.45, 7) is 13.6. The lowest BCUT2D eigenvalue weighted by atomic mass is 9.82. The minimum Gasteiger partial charge on any atom is -0.316 e. The Morgan fingerprint density at radius 3 is 2.56 bits per heavy atom. The van der Waals surface area contributed by atoms with Gasteiger partial charge in [0, 0.05) is 19.6 Å². The number of nitrogens with zero attached hydrogens (tertiary/aromatic N) is 1. The smallest absolute Gasteiger partial charge is 0.00508 e. The van der Waals surface area contributed by atoms with E-state index in [0.717, 1.165) is 0 Å². The van der Waals surface area contributed by atoms with Gasteiger partial charge in [-0.3, -0.25) is 0 Å². The standard InChI is InChI=1S/C14H28N2/c1-4-5-14(6-8-15-10-14)12-16-9-7-13(2,3)11-16/h15H,4-12H2,1-3H3. The van der Waals surface area contributed by atoms with Gasteiger partial charge in [0.25, 0.3) is 0 Å². The van der Waals surface area contributed by atoms with Crippen molar-refractivity contribution in [3.8, 4) is 0 Å². The van der Waals surface area contributed by atoms with E-state index in [1.54, 1.807) is 0 Å². The van der Waals surface area contributed by atoms with Gasteiger partial charge in [-0.15, -0.1) is 0 Å². The first-order chi connectivity index (χ1) is 7.55. The summed E-state index contributed by atoms with van der Waals surface area (Å²) in [5.41, 5.74) is 1.15. The van der Waals surface area contributed by atoms with Crippen LogP contribution in [-0.4, -0.2) is 37.6 Å². The number of nitrogens with one attached hydrogen (secondary N) is 1. The molecule has 94 valence electrons. The third-order valence-electron chi connectivity index (χ3n) is 4.43. The van der Waals surface area contributed by atoms with Crippen molar-refractivity contribution in [2.75, 3.05) is 32.7 Å². The zero-order valence-electron chi connectivity index (χ0n) is 11.3. The highest BCUT2D eigenvalue weighted by atomic mass is 15.2. The molecule has 0 aromatic carbocycles. The molecule has 16 heavy (non-hydrogen) atoms. The van der Waals surface area contributed by atoms with Crippen molar-refractivity contribution in [1.29, 1.82) is 0 Å². The second-order valence-electron chi connectivity index (χ2n) is 6.80. The van der Waals surface area contributed by atoms with Crippen molar-refractivity contribution in [1.82, 2.24) is 10.2 Å². The molecular formula is C14H28N2. The molecule has 2 fully saturated rings. The van der Waals surface area contributed by atoms with Gasteiger partial charge in [0.2, 0.25) is 0 Å². The maximum absolute atomic E-state index is 3.57. The van der Waals surface area contributed by atoms with Gasteiger partial charge in [0.15, 0.2) is 0 Å². The molecule has 1 atom stereocenters. The molecule has 2 heteroatoms. The fourth-order valence-corrected chi connectivity index (χ4v) is 3.59. The van der Waals surface area contributed by atoms with Crippen LogP contribution < -0.4 is 5.32 Å². The van der Waals surface area contributed by atoms with Crippen LogP contribution in [0.2, 0.25) is 0 Å². The van der Waals surface area contributed by atoms with Gasteiger partial charge >= 0.3 is 0 Å². The van der Waals surface area contributed by atoms with E-state index in [-0.39, 0.29) is 0 Å². The molecule has 0 aromatic rings. The van der Waals surface area contributed by atoms with Gasteiger partial charge in [-0.1, -0.05) is 27.2 Å². The zero-order valence-corrected chi connectivity index (χ0v) is 11.3. The van der Waals surface area contributed by atoms with Gasteiger partial charge < -0.3 is 10.2 Å². The summed E-state index contributed by atoms with van der Waals surface area (Å²) in [6, 6.07) is 0. The molecule has 1 unspecified atom stereocenters. The highest BCUT2D eigenvalue weighted by Crippen LogP contribution is 2.36. The number of hydrogen-bond acceptors (Lipinski definition) is 2. The van der Waals surface area contributed by atoms with Crippen LogP contribution in [0.3, 0.4) is 0 Å². The van der Waals surface area contributed by atoms with Crippen molar-refractivity contribution in [2.24, 2.45) is 10.8 Å². The van der Waals surface area contributed by atoms with Crippen molar-refractivity contribution < 1.29 is 0 Å². The van der Waals surface area contributed by atoms with E-state index in [2.05, 4.69) is 31.0 Å². The Labute approximate surface area is 101 Å². The van der Waals surface area contributed by atoms with Crippen molar-refractivity contribution >= 4 is 0 Å². The minimum atomic E-state index is 0.555. The maximum Gasteiger partial charge on any atom is 0.00508 e. The minimum absolute atomic E-state index is 0.555. The Morgan fingerprint density at radius 1 is 1.25 bits per heavy atom. The first kappa shape index (κ1) is 12.4. The molecule has 2 nitrogen and oxygen atoms in total. The van der Waals surface area contributed by atoms with Gasteiger partial charge in [-0.25, -0.2) is 0 Å². The molecule has 2 rings (SSSR count). The van der Waals surface area contributed by atoms with E-state index < -0.39 is 0 Å². The lowest BCUT2D eigenvalue weighted by Gasteiger charge is -2.33. The fraction of sp³-hybridized carbons (Fsp3) is 1.00. The van der Waals surface area contributed by atoms with Crippen LogP contribution in [0.15, 0.2) is 0 Å². The highest BCUT2D eigenvalue weighted by Gasteiger charge is 2.38. The molecule has 0 aromatic heterocycles. The van der Waals surface area contributed by atoms with Gasteiger partial charge in [0.1, 0.15) is 0 Å². The summed E-state index contributed by atoms with van der Waals surface area (Å²) in [6.07, 6.45) is 5.50. The van der Waals surface area contributed by atoms with E-state index in [1.807, 2.05) is 0 Å². The Kier molecular flexibility index (Phi) is 3.60. The van der Waals surface area contributed by atoms with Crippen LogP contribution in [0.25, 0.3) is 0 Å². The molecule has 0 saturated carbocycles. The van der Waals surface area contributed by atoms with E-state index in [4.69, 9.17) is 0 Å². The van der Waals surface area contributed by atoms with E-state index in [0.29, 0.717) is 10.8 Å². The molecule has 0 radical (unpaired) electrons. The lowest BCUT2D eigenvalue weighted by molar-refractivity contribution is 0.166. The van der Waals surface area contributed by atoms with Crippen molar-refractivity contribution in [3.05, 3.63) is 0 Å². The Hall–Kier alpha value is -0.0800. The topological polar surface area (TPSA) is 15.3 Å². The number of rotatable bonds is 4. The van der Waals surface area contributed by atoms with E-state index in [9.17, 15) is 0 Å². The predicted molar refractivity (Wildman–Crippen MR) is 69.7 cm³/mol. The summed E-state index contributed by atoms with van der Waals surface area (Å²) < 4.78 is 0. The fourth-order valence-electron chi connectivity index (χ4n) is 3.59. The second kappa shape index (κ2) is 4.66. The van der Waals surface area contributed by atoms with Crippen molar-refractivity contribution in [3.63, 3.8) is 0 Å². The Balaban J connectivity index is 1.91. The molecular weight excluding hydrogens is 196 g/mol. The summed E-state index contributed by atoms with van der Waals surface area (Å²) in [7, 11) is 0. The maximum atomic E-state index is 3.57. The average molecular weight is 224 g/mol. The number of likely N-dealkylation sites (tertiary alicyclic amines) is 1. The van der Waals surface area contributed by atoms with E-state index >= 15 is 0 Å². The van der Waals surface area contributed by atoms with Crippen LogP contribution in [0, 0.1) is 10.8 Å². The zero-order chi connectivity index (χ0) is 11.6. The molecule has 0 bridgehead atoms. The summed E-state index contributed by atoms with van der Waals surface area (Å²) in [5, 5.41) is 3.57. The van der Waals surface area contributed by atoms with Gasteiger partial charge in [-0.2, -0.15) is 0 Å². The number of hydrogen-bond donors (Lipinski definition) is 1. The van der Waals surface area contributed by atoms with Crippen molar-refractivity contribution in [2.45, 2.75) is 46.5 Å². The molecule has 0 aliphatic carbocycles. The molecule has 0 spiro atoms. The van der Waals surface area contributed by atoms with E-state index in [1.165, 1.54) is 58.4 Å². The van der Waals surface area contributed by atoms with Crippen LogP contribution >= 0.6 is 0 Å². The Bertz CT molecular complexity index is 229. The third-order valence-corrected chi connectivity index (χ3v) is 4.43. The van der Waals surface area contributed by atoms with Crippen LogP contribution in [0.1, 0.15) is 46.5 Å². The summed E-state index contributed by atoms with van der Waals surface area (Å²) in [4.78, 5) is 2.71. The SMILES string of the molecule is CCCC1(CN2CCC(C)(C)C2)CCNC1. The Morgan fingerprint density at radius 2 is 2.06 bits per heavy atom. The normalized spacial score (nSPS) is 34.7. The summed E-state index contributed by atoms with van der Waals surface area (Å²) in [5.74, 6) is 0. The molecule has 2 aliphatic heterocycles. The van der Waals surface area contributed by atoms with Gasteiger partial charge in [0.05, 0.1) is 0 Å². The molecule has 1 N–H and O–H groups in total. The summed E-state index contributed by atoms with van der Waals surface area (Å²) >= 11 is 0. The quantitative estimate of drug-likeness (QED) is 0.789. The highest BCUT2D eigenvalue weighted by molar-refractivity contribution is 4.93. The van der Waals surface area contributed by atoms with Gasteiger partial charge in [-0.05, 0) is 43.2 Å². The monoisotopic (exact) mass is 224 g/mol. The van der Waals surface area contributed by atoms with Crippen LogP contribution in [0.5, 0.6) is 0 Å². The van der Waals surface area contributed by atoms with Crippen LogP contribution in [-0.2, 0) is 0 Å². The largest absolute Gasteiger partial charge is 0.316 e. The lowest BCUT2D eigenvalue weighted by Crippen LogP contribution is -2.38. The second-order valence-corrected chi connectivity index (χ2v) is 6.80. The molecule has 0 amide bonds. The average Bonchev–Trinajstić information content (AvgIpc) is 2.75. The molecule has 2 saturated heterocycles. The predicted octanol–water partition coefficient (Wildman–Crippen LogP) is 2.50.